The molecule has 4 rings (SSSR count). The molecular weight excluding hydrogens is 480 g/mol. The summed E-state index contributed by atoms with van der Waals surface area (Å²) in [6.07, 6.45) is 0.380. The largest absolute Gasteiger partial charge is 0.493 e. The Bertz CT molecular complexity index is 1320. The molecule has 10 nitrogen and oxygen atoms in total. The molecule has 2 aromatic carbocycles. The van der Waals surface area contributed by atoms with Crippen molar-refractivity contribution >= 4 is 35.3 Å². The molecule has 0 saturated carbocycles. The summed E-state index contributed by atoms with van der Waals surface area (Å²) in [7, 11) is 1.40. The topological polar surface area (TPSA) is 117 Å². The summed E-state index contributed by atoms with van der Waals surface area (Å²) in [4.78, 5) is 36.1. The van der Waals surface area contributed by atoms with Gasteiger partial charge in [0.25, 0.3) is 0 Å². The molecule has 0 saturated heterocycles. The first-order valence-electron chi connectivity index (χ1n) is 10.2. The van der Waals surface area contributed by atoms with Crippen molar-refractivity contribution < 1.29 is 37.7 Å². The predicted molar refractivity (Wildman–Crippen MR) is 122 cm³/mol. The molecule has 2 heterocycles. The lowest BCUT2D eigenvalue weighted by Crippen LogP contribution is -2.25. The number of amides is 1. The molecule has 0 radical (unpaired) electrons. The molecule has 0 fully saturated rings. The van der Waals surface area contributed by atoms with Gasteiger partial charge in [0.15, 0.2) is 11.5 Å². The molecule has 0 N–H and O–H groups in total. The molecule has 180 valence electrons. The Morgan fingerprint density at radius 2 is 1.77 bits per heavy atom. The van der Waals surface area contributed by atoms with Crippen molar-refractivity contribution in [2.24, 2.45) is 5.10 Å². The average molecular weight is 499 g/mol. The van der Waals surface area contributed by atoms with Gasteiger partial charge in [-0.3, -0.25) is 9.59 Å². The van der Waals surface area contributed by atoms with Crippen LogP contribution >= 0.6 is 11.6 Å². The van der Waals surface area contributed by atoms with Crippen molar-refractivity contribution in [3.05, 3.63) is 76.7 Å². The molecule has 1 unspecified atom stereocenters. The van der Waals surface area contributed by atoms with E-state index >= 15 is 0 Å². The third-order valence-corrected chi connectivity index (χ3v) is 5.03. The van der Waals surface area contributed by atoms with E-state index in [2.05, 4.69) is 5.10 Å². The highest BCUT2D eigenvalue weighted by molar-refractivity contribution is 6.31. The Morgan fingerprint density at radius 1 is 1.00 bits per heavy atom. The van der Waals surface area contributed by atoms with Crippen molar-refractivity contribution in [3.8, 4) is 17.2 Å². The predicted octanol–water partition coefficient (Wildman–Crippen LogP) is 4.33. The maximum atomic E-state index is 12.4. The number of esters is 2. The van der Waals surface area contributed by atoms with Crippen molar-refractivity contribution in [1.82, 2.24) is 5.01 Å². The summed E-state index contributed by atoms with van der Waals surface area (Å²) in [6, 6.07) is 12.2. The van der Waals surface area contributed by atoms with Crippen LogP contribution in [0.15, 0.2) is 64.3 Å². The fourth-order valence-electron chi connectivity index (χ4n) is 3.27. The summed E-state index contributed by atoms with van der Waals surface area (Å²) in [5.74, 6) is -1.08. The van der Waals surface area contributed by atoms with Gasteiger partial charge in [-0.1, -0.05) is 11.6 Å². The minimum Gasteiger partial charge on any atom is -0.493 e. The summed E-state index contributed by atoms with van der Waals surface area (Å²) in [5, 5.41) is 5.75. The van der Waals surface area contributed by atoms with Gasteiger partial charge in [-0.25, -0.2) is 4.79 Å². The smallest absolute Gasteiger partial charge is 0.379 e. The first kappa shape index (κ1) is 23.8. The van der Waals surface area contributed by atoms with Gasteiger partial charge in [0, 0.05) is 24.4 Å². The number of benzene rings is 2. The number of hydrogen-bond acceptors (Lipinski definition) is 9. The number of methoxy groups -OCH3 is 1. The van der Waals surface area contributed by atoms with Crippen LogP contribution in [0.1, 0.15) is 41.8 Å². The van der Waals surface area contributed by atoms with Crippen LogP contribution in [0.4, 0.5) is 0 Å². The number of hydrazone groups is 1. The van der Waals surface area contributed by atoms with Gasteiger partial charge >= 0.3 is 11.9 Å². The normalized spacial score (nSPS) is 14.7. The van der Waals surface area contributed by atoms with Crippen LogP contribution in [-0.2, 0) is 14.3 Å². The number of hydrogen-bond donors (Lipinski definition) is 0. The zero-order valence-electron chi connectivity index (χ0n) is 18.8. The van der Waals surface area contributed by atoms with Gasteiger partial charge in [-0.05, 0) is 48.5 Å². The minimum atomic E-state index is -0.976. The summed E-state index contributed by atoms with van der Waals surface area (Å²) in [5.41, 5.74) is 0.766. The highest BCUT2D eigenvalue weighted by Gasteiger charge is 2.35. The molecule has 0 bridgehead atoms. The Balaban J connectivity index is 1.64. The van der Waals surface area contributed by atoms with E-state index in [-0.39, 0.29) is 34.5 Å². The first-order valence-corrected chi connectivity index (χ1v) is 10.6. The van der Waals surface area contributed by atoms with E-state index in [1.807, 2.05) is 0 Å². The van der Waals surface area contributed by atoms with Crippen molar-refractivity contribution in [2.75, 3.05) is 7.11 Å². The second kappa shape index (κ2) is 9.90. The zero-order chi connectivity index (χ0) is 25.1. The Morgan fingerprint density at radius 3 is 2.43 bits per heavy atom. The highest BCUT2D eigenvalue weighted by Crippen LogP contribution is 2.37. The van der Waals surface area contributed by atoms with E-state index in [0.717, 1.165) is 5.01 Å². The third kappa shape index (κ3) is 5.12. The summed E-state index contributed by atoms with van der Waals surface area (Å²) in [6.45, 7) is 2.58. The second-order valence-electron chi connectivity index (χ2n) is 7.25. The first-order chi connectivity index (χ1) is 16.8. The minimum absolute atomic E-state index is 0.0243. The molecule has 35 heavy (non-hydrogen) atoms. The standard InChI is InChI=1S/C24H19ClN2O8/c1-13(28)27-23(35-22(26-27)17-12-16(25)7-9-18(17)33-14(2)29)15-6-8-19(21(11-15)31-3)34-24(30)20-5-4-10-32-20/h4-12,23H,1-3H3. The lowest BCUT2D eigenvalue weighted by atomic mass is 10.1. The lowest BCUT2D eigenvalue weighted by molar-refractivity contribution is -0.135. The van der Waals surface area contributed by atoms with Gasteiger partial charge < -0.3 is 23.4 Å². The van der Waals surface area contributed by atoms with Gasteiger partial charge in [-0.15, -0.1) is 5.10 Å². The van der Waals surface area contributed by atoms with Crippen LogP contribution in [0.2, 0.25) is 5.02 Å². The average Bonchev–Trinajstić information content (AvgIpc) is 3.51. The molecule has 1 aliphatic rings. The molecule has 1 aromatic heterocycles. The van der Waals surface area contributed by atoms with E-state index in [4.69, 9.17) is 35.0 Å². The SMILES string of the molecule is COc1cc(C2OC(c3cc(Cl)ccc3OC(C)=O)=NN2C(C)=O)ccc1OC(=O)c1ccco1. The number of carbonyl (C=O) groups is 3. The number of rotatable bonds is 6. The van der Waals surface area contributed by atoms with Crippen molar-refractivity contribution in [2.45, 2.75) is 20.1 Å². The van der Waals surface area contributed by atoms with Gasteiger partial charge in [-0.2, -0.15) is 5.01 Å². The van der Waals surface area contributed by atoms with Gasteiger partial charge in [0.2, 0.25) is 23.8 Å². The quantitative estimate of drug-likeness (QED) is 0.364. The maximum Gasteiger partial charge on any atom is 0.379 e. The molecule has 1 atom stereocenters. The number of carbonyl (C=O) groups excluding carboxylic acids is 3. The number of ether oxygens (including phenoxy) is 4. The second-order valence-corrected chi connectivity index (χ2v) is 7.69. The van der Waals surface area contributed by atoms with Crippen LogP contribution in [0, 0.1) is 0 Å². The highest BCUT2D eigenvalue weighted by atomic mass is 35.5. The van der Waals surface area contributed by atoms with E-state index < -0.39 is 24.1 Å². The molecule has 1 amide bonds. The van der Waals surface area contributed by atoms with Crippen LogP contribution in [-0.4, -0.2) is 35.9 Å². The Labute approximate surface area is 204 Å². The van der Waals surface area contributed by atoms with Crippen LogP contribution in [0.3, 0.4) is 0 Å². The van der Waals surface area contributed by atoms with E-state index in [0.29, 0.717) is 10.6 Å². The van der Waals surface area contributed by atoms with Crippen molar-refractivity contribution in [1.29, 1.82) is 0 Å². The van der Waals surface area contributed by atoms with Gasteiger partial charge in [0.05, 0.1) is 18.9 Å². The van der Waals surface area contributed by atoms with Crippen molar-refractivity contribution in [3.63, 3.8) is 0 Å². The molecule has 1 aliphatic heterocycles. The zero-order valence-corrected chi connectivity index (χ0v) is 19.6. The Hall–Kier alpha value is -4.31. The van der Waals surface area contributed by atoms with Gasteiger partial charge in [0.1, 0.15) is 5.75 Å². The fraction of sp³-hybridized carbons (Fsp3) is 0.167. The van der Waals surface area contributed by atoms with E-state index in [1.165, 1.54) is 51.5 Å². The molecule has 11 heteroatoms. The number of nitrogens with zero attached hydrogens (tertiary/aromatic N) is 2. The number of halogens is 1. The van der Waals surface area contributed by atoms with E-state index in [9.17, 15) is 14.4 Å². The lowest BCUT2D eigenvalue weighted by Gasteiger charge is -2.20. The fourth-order valence-corrected chi connectivity index (χ4v) is 3.44. The monoisotopic (exact) mass is 498 g/mol. The molecule has 0 spiro atoms. The van der Waals surface area contributed by atoms with E-state index in [1.54, 1.807) is 24.3 Å². The maximum absolute atomic E-state index is 12.4. The van der Waals surface area contributed by atoms with Crippen LogP contribution in [0.5, 0.6) is 17.2 Å². The summed E-state index contributed by atoms with van der Waals surface area (Å²) >= 11 is 6.12. The Kier molecular flexibility index (Phi) is 6.74. The summed E-state index contributed by atoms with van der Waals surface area (Å²) < 4.78 is 27.0. The van der Waals surface area contributed by atoms with Crippen LogP contribution < -0.4 is 14.2 Å². The third-order valence-electron chi connectivity index (χ3n) is 4.79. The van der Waals surface area contributed by atoms with Crippen LogP contribution in [0.25, 0.3) is 0 Å². The molecule has 0 aliphatic carbocycles. The molecule has 3 aromatic rings. The number of furan rings is 1. The molecular formula is C24H19ClN2O8.